The zero-order valence-electron chi connectivity index (χ0n) is 8.29. The number of rotatable bonds is 1. The lowest BCUT2D eigenvalue weighted by atomic mass is 10.1. The van der Waals surface area contributed by atoms with Crippen molar-refractivity contribution in [3.63, 3.8) is 0 Å². The van der Waals surface area contributed by atoms with E-state index in [9.17, 15) is 4.79 Å². The van der Waals surface area contributed by atoms with Crippen molar-refractivity contribution in [2.24, 2.45) is 0 Å². The molecule has 1 heteroatoms. The van der Waals surface area contributed by atoms with Gasteiger partial charge in [-0.1, -0.05) is 35.9 Å². The molecule has 0 radical (unpaired) electrons. The Morgan fingerprint density at radius 1 is 1.23 bits per heavy atom. The quantitative estimate of drug-likeness (QED) is 0.639. The van der Waals surface area contributed by atoms with Gasteiger partial charge in [0.1, 0.15) is 0 Å². The van der Waals surface area contributed by atoms with E-state index in [-0.39, 0.29) is 5.43 Å². The van der Waals surface area contributed by atoms with Crippen LogP contribution in [0.4, 0.5) is 0 Å². The van der Waals surface area contributed by atoms with Crippen molar-refractivity contribution in [1.29, 1.82) is 0 Å². The average Bonchev–Trinajstić information content (AvgIpc) is 2.19. The summed E-state index contributed by atoms with van der Waals surface area (Å²) in [7, 11) is 0. The fourth-order valence-electron chi connectivity index (χ4n) is 1.16. The third kappa shape index (κ3) is 2.55. The molecule has 0 heterocycles. The van der Waals surface area contributed by atoms with E-state index in [2.05, 4.69) is 0 Å². The van der Waals surface area contributed by atoms with Crippen molar-refractivity contribution in [3.05, 3.63) is 51.2 Å². The number of allylic oxidation sites excluding steroid dienone is 1. The van der Waals surface area contributed by atoms with Gasteiger partial charge < -0.3 is 0 Å². The Kier molecular flexibility index (Phi) is 3.02. The van der Waals surface area contributed by atoms with Crippen LogP contribution in [0, 0.1) is 6.92 Å². The van der Waals surface area contributed by atoms with E-state index in [1.165, 1.54) is 0 Å². The largest absolute Gasteiger partial charge is 0.289 e. The van der Waals surface area contributed by atoms with Gasteiger partial charge >= 0.3 is 0 Å². The molecular weight excluding hydrogens is 160 g/mol. The van der Waals surface area contributed by atoms with Gasteiger partial charge in [0.2, 0.25) is 0 Å². The van der Waals surface area contributed by atoms with E-state index in [0.717, 1.165) is 16.7 Å². The summed E-state index contributed by atoms with van der Waals surface area (Å²) in [6.07, 6.45) is 1.91. The summed E-state index contributed by atoms with van der Waals surface area (Å²) in [5.41, 5.74) is 2.81. The van der Waals surface area contributed by atoms with E-state index in [1.807, 2.05) is 51.1 Å². The predicted octanol–water partition coefficient (Wildman–Crippen LogP) is 2.78. The highest BCUT2D eigenvalue weighted by atomic mass is 16.1. The first-order valence-electron chi connectivity index (χ1n) is 4.36. The molecule has 1 rings (SSSR count). The number of hydrogen-bond acceptors (Lipinski definition) is 1. The highest BCUT2D eigenvalue weighted by molar-refractivity contribution is 5.51. The molecule has 0 saturated carbocycles. The first-order valence-corrected chi connectivity index (χ1v) is 4.36. The fourth-order valence-corrected chi connectivity index (χ4v) is 1.16. The lowest BCUT2D eigenvalue weighted by Crippen LogP contribution is -2.04. The van der Waals surface area contributed by atoms with E-state index < -0.39 is 0 Å². The zero-order chi connectivity index (χ0) is 9.84. The molecule has 0 saturated heterocycles. The highest BCUT2D eigenvalue weighted by Crippen LogP contribution is 2.01. The maximum absolute atomic E-state index is 11.7. The van der Waals surface area contributed by atoms with Crippen LogP contribution in [0.1, 0.15) is 25.0 Å². The third-order valence-electron chi connectivity index (χ3n) is 1.80. The molecule has 0 N–H and O–H groups in total. The van der Waals surface area contributed by atoms with Gasteiger partial charge in [0.15, 0.2) is 5.43 Å². The molecule has 0 spiro atoms. The zero-order valence-corrected chi connectivity index (χ0v) is 8.29. The molecule has 0 unspecified atom stereocenters. The maximum atomic E-state index is 11.7. The lowest BCUT2D eigenvalue weighted by molar-refractivity contribution is 1.39. The van der Waals surface area contributed by atoms with E-state index in [0.29, 0.717) is 0 Å². The third-order valence-corrected chi connectivity index (χ3v) is 1.80. The molecule has 1 nitrogen and oxygen atoms in total. The molecule has 0 aromatic heterocycles. The first-order chi connectivity index (χ1) is 6.11. The van der Waals surface area contributed by atoms with Gasteiger partial charge in [-0.15, -0.1) is 0 Å². The molecule has 1 aromatic rings. The first kappa shape index (κ1) is 9.72. The van der Waals surface area contributed by atoms with Gasteiger partial charge in [-0.25, -0.2) is 0 Å². The molecule has 0 aliphatic heterocycles. The minimum atomic E-state index is 0.117. The Balaban J connectivity index is 3.41. The Labute approximate surface area is 78.7 Å². The normalized spacial score (nSPS) is 9.46. The maximum Gasteiger partial charge on any atom is 0.188 e. The van der Waals surface area contributed by atoms with Gasteiger partial charge in [-0.3, -0.25) is 4.79 Å². The topological polar surface area (TPSA) is 17.1 Å². The van der Waals surface area contributed by atoms with Gasteiger partial charge in [-0.05, 0) is 26.3 Å². The minimum absolute atomic E-state index is 0.117. The molecule has 0 amide bonds. The van der Waals surface area contributed by atoms with Crippen LogP contribution in [-0.2, 0) is 0 Å². The minimum Gasteiger partial charge on any atom is -0.289 e. The summed E-state index contributed by atoms with van der Waals surface area (Å²) in [5, 5.41) is 0. The highest BCUT2D eigenvalue weighted by Gasteiger charge is 1.95. The summed E-state index contributed by atoms with van der Waals surface area (Å²) in [5.74, 6) is 0. The molecule has 13 heavy (non-hydrogen) atoms. The van der Waals surface area contributed by atoms with Crippen molar-refractivity contribution in [2.75, 3.05) is 0 Å². The molecule has 0 aliphatic carbocycles. The van der Waals surface area contributed by atoms with Crippen LogP contribution < -0.4 is 5.43 Å². The summed E-state index contributed by atoms with van der Waals surface area (Å²) in [6, 6.07) is 7.47. The molecule has 0 atom stereocenters. The van der Waals surface area contributed by atoms with Gasteiger partial charge in [0.25, 0.3) is 0 Å². The summed E-state index contributed by atoms with van der Waals surface area (Å²) in [6.45, 7) is 5.81. The number of aryl methyl sites for hydroxylation is 1. The second kappa shape index (κ2) is 4.04. The van der Waals surface area contributed by atoms with Gasteiger partial charge in [0, 0.05) is 5.56 Å². The van der Waals surface area contributed by atoms with Gasteiger partial charge in [-0.2, -0.15) is 0 Å². The summed E-state index contributed by atoms with van der Waals surface area (Å²) in [4.78, 5) is 11.7. The SMILES string of the molecule is CC(C)=Cc1ccccc(C)c1=O. The number of hydrogen-bond donors (Lipinski definition) is 0. The monoisotopic (exact) mass is 174 g/mol. The molecule has 68 valence electrons. The lowest BCUT2D eigenvalue weighted by Gasteiger charge is -1.89. The van der Waals surface area contributed by atoms with Crippen molar-refractivity contribution in [2.45, 2.75) is 20.8 Å². The molecule has 0 aliphatic rings. The second-order valence-corrected chi connectivity index (χ2v) is 3.41. The Morgan fingerprint density at radius 2 is 1.85 bits per heavy atom. The molecule has 1 aromatic carbocycles. The van der Waals surface area contributed by atoms with Crippen LogP contribution in [0.5, 0.6) is 0 Å². The second-order valence-electron chi connectivity index (χ2n) is 3.41. The molecular formula is C12H14O. The predicted molar refractivity (Wildman–Crippen MR) is 56.8 cm³/mol. The van der Waals surface area contributed by atoms with Crippen molar-refractivity contribution in [1.82, 2.24) is 0 Å². The van der Waals surface area contributed by atoms with E-state index in [1.54, 1.807) is 0 Å². The smallest absolute Gasteiger partial charge is 0.188 e. The summed E-state index contributed by atoms with van der Waals surface area (Å²) >= 11 is 0. The van der Waals surface area contributed by atoms with Crippen LogP contribution in [0.3, 0.4) is 0 Å². The van der Waals surface area contributed by atoms with Crippen molar-refractivity contribution < 1.29 is 0 Å². The van der Waals surface area contributed by atoms with E-state index in [4.69, 9.17) is 0 Å². The van der Waals surface area contributed by atoms with Gasteiger partial charge in [0.05, 0.1) is 0 Å². The Hall–Kier alpha value is -1.37. The molecule has 0 bridgehead atoms. The standard InChI is InChI=1S/C12H14O/c1-9(2)8-11-7-5-4-6-10(3)12(11)13/h4-8H,1-3H3. The molecule has 0 fully saturated rings. The summed E-state index contributed by atoms with van der Waals surface area (Å²) < 4.78 is 0. The Bertz CT molecular complexity index is 385. The fraction of sp³-hybridized carbons (Fsp3) is 0.250. The van der Waals surface area contributed by atoms with Crippen LogP contribution in [0.2, 0.25) is 0 Å². The average molecular weight is 174 g/mol. The Morgan fingerprint density at radius 3 is 2.46 bits per heavy atom. The van der Waals surface area contributed by atoms with Crippen LogP contribution >= 0.6 is 0 Å². The van der Waals surface area contributed by atoms with Crippen LogP contribution in [0.25, 0.3) is 6.08 Å². The van der Waals surface area contributed by atoms with Crippen molar-refractivity contribution in [3.8, 4) is 0 Å². The van der Waals surface area contributed by atoms with Crippen LogP contribution in [0.15, 0.2) is 34.6 Å². The van der Waals surface area contributed by atoms with Crippen LogP contribution in [-0.4, -0.2) is 0 Å². The van der Waals surface area contributed by atoms with Crippen molar-refractivity contribution >= 4 is 6.08 Å². The van der Waals surface area contributed by atoms with E-state index >= 15 is 0 Å².